The summed E-state index contributed by atoms with van der Waals surface area (Å²) >= 11 is 1.81. The molecule has 3 rings (SSSR count). The van der Waals surface area contributed by atoms with Crippen LogP contribution in [0.2, 0.25) is 0 Å². The smallest absolute Gasteiger partial charge is 0.237 e. The average Bonchev–Trinajstić information content (AvgIpc) is 2.89. The van der Waals surface area contributed by atoms with Crippen molar-refractivity contribution in [1.82, 2.24) is 9.80 Å². The fourth-order valence-electron chi connectivity index (χ4n) is 3.37. The first-order chi connectivity index (χ1) is 9.95. The van der Waals surface area contributed by atoms with Gasteiger partial charge < -0.3 is 10.6 Å². The second-order valence-corrected chi connectivity index (χ2v) is 8.03. The Morgan fingerprint density at radius 2 is 2.29 bits per heavy atom. The summed E-state index contributed by atoms with van der Waals surface area (Å²) in [7, 11) is 0. The zero-order valence-electron chi connectivity index (χ0n) is 13.0. The Labute approximate surface area is 130 Å². The van der Waals surface area contributed by atoms with Gasteiger partial charge >= 0.3 is 0 Å². The van der Waals surface area contributed by atoms with E-state index in [4.69, 9.17) is 5.73 Å². The third-order valence-electron chi connectivity index (χ3n) is 4.91. The van der Waals surface area contributed by atoms with E-state index in [1.807, 2.05) is 16.2 Å². The lowest BCUT2D eigenvalue weighted by molar-refractivity contribution is -0.134. The van der Waals surface area contributed by atoms with Crippen LogP contribution in [0.5, 0.6) is 0 Å². The molecule has 2 aliphatic heterocycles. The van der Waals surface area contributed by atoms with E-state index in [1.165, 1.54) is 10.4 Å². The van der Waals surface area contributed by atoms with E-state index in [-0.39, 0.29) is 17.4 Å². The number of likely N-dealkylation sites (tertiary alicyclic amines) is 1. The minimum Gasteiger partial charge on any atom is -0.337 e. The van der Waals surface area contributed by atoms with Crippen LogP contribution in [-0.2, 0) is 17.8 Å². The van der Waals surface area contributed by atoms with Crippen LogP contribution < -0.4 is 5.73 Å². The predicted molar refractivity (Wildman–Crippen MR) is 86.3 cm³/mol. The van der Waals surface area contributed by atoms with Gasteiger partial charge in [0.1, 0.15) is 0 Å². The monoisotopic (exact) mass is 307 g/mol. The molecule has 1 unspecified atom stereocenters. The van der Waals surface area contributed by atoms with Gasteiger partial charge in [-0.05, 0) is 35.3 Å². The van der Waals surface area contributed by atoms with Gasteiger partial charge in [-0.3, -0.25) is 9.69 Å². The van der Waals surface area contributed by atoms with Crippen LogP contribution in [0.25, 0.3) is 0 Å². The van der Waals surface area contributed by atoms with Gasteiger partial charge in [0.15, 0.2) is 0 Å². The maximum absolute atomic E-state index is 12.5. The quantitative estimate of drug-likeness (QED) is 0.904. The Morgan fingerprint density at radius 3 is 3.05 bits per heavy atom. The summed E-state index contributed by atoms with van der Waals surface area (Å²) in [6.07, 6.45) is 1.99. The molecule has 0 bridgehead atoms. The van der Waals surface area contributed by atoms with Crippen LogP contribution in [0.1, 0.15) is 30.7 Å². The van der Waals surface area contributed by atoms with Crippen molar-refractivity contribution in [1.29, 1.82) is 0 Å². The van der Waals surface area contributed by atoms with Gasteiger partial charge in [-0.25, -0.2) is 0 Å². The molecule has 116 valence electrons. The van der Waals surface area contributed by atoms with Crippen LogP contribution in [0.4, 0.5) is 0 Å². The number of carbonyl (C=O) groups excluding carboxylic acids is 1. The highest BCUT2D eigenvalue weighted by Gasteiger charge is 2.34. The van der Waals surface area contributed by atoms with Gasteiger partial charge in [-0.15, -0.1) is 11.3 Å². The Kier molecular flexibility index (Phi) is 4.08. The molecule has 1 aromatic heterocycles. The third kappa shape index (κ3) is 3.15. The Hall–Kier alpha value is -0.910. The van der Waals surface area contributed by atoms with Gasteiger partial charge in [-0.2, -0.15) is 0 Å². The van der Waals surface area contributed by atoms with Crippen molar-refractivity contribution in [3.8, 4) is 0 Å². The Morgan fingerprint density at radius 1 is 1.48 bits per heavy atom. The molecule has 1 fully saturated rings. The summed E-state index contributed by atoms with van der Waals surface area (Å²) < 4.78 is 0. The summed E-state index contributed by atoms with van der Waals surface area (Å²) in [6.45, 7) is 8.44. The zero-order valence-corrected chi connectivity index (χ0v) is 13.8. The number of hydrogen-bond donors (Lipinski definition) is 1. The van der Waals surface area contributed by atoms with Gasteiger partial charge in [0, 0.05) is 37.1 Å². The molecule has 4 nitrogen and oxygen atoms in total. The van der Waals surface area contributed by atoms with Crippen LogP contribution in [0.15, 0.2) is 11.4 Å². The van der Waals surface area contributed by atoms with Crippen LogP contribution in [0.3, 0.4) is 0 Å². The first-order valence-corrected chi connectivity index (χ1v) is 8.64. The molecule has 0 aliphatic carbocycles. The van der Waals surface area contributed by atoms with Crippen molar-refractivity contribution >= 4 is 17.2 Å². The molecule has 0 spiro atoms. The molecule has 1 saturated heterocycles. The number of amides is 1. The number of carbonyl (C=O) groups is 1. The minimum atomic E-state index is 0.0982. The molecule has 0 radical (unpaired) electrons. The predicted octanol–water partition coefficient (Wildman–Crippen LogP) is 1.69. The fourth-order valence-corrected chi connectivity index (χ4v) is 4.26. The maximum atomic E-state index is 12.5. The van der Waals surface area contributed by atoms with E-state index in [2.05, 4.69) is 30.2 Å². The number of nitrogens with two attached hydrogens (primary N) is 1. The second-order valence-electron chi connectivity index (χ2n) is 7.03. The summed E-state index contributed by atoms with van der Waals surface area (Å²) in [5, 5.41) is 2.13. The van der Waals surface area contributed by atoms with Crippen LogP contribution in [0, 0.1) is 5.41 Å². The molecule has 1 aromatic rings. The Balaban J connectivity index is 1.58. The molecule has 21 heavy (non-hydrogen) atoms. The summed E-state index contributed by atoms with van der Waals surface area (Å²) in [4.78, 5) is 18.3. The van der Waals surface area contributed by atoms with E-state index in [1.54, 1.807) is 0 Å². The third-order valence-corrected chi connectivity index (χ3v) is 5.93. The van der Waals surface area contributed by atoms with Crippen molar-refractivity contribution in [2.24, 2.45) is 11.1 Å². The highest BCUT2D eigenvalue weighted by molar-refractivity contribution is 7.10. The molecule has 1 amide bonds. The van der Waals surface area contributed by atoms with Gasteiger partial charge in [-0.1, -0.05) is 13.8 Å². The molecule has 1 atom stereocenters. The molecule has 0 saturated carbocycles. The second kappa shape index (κ2) is 5.71. The standard InChI is InChI=1S/C16H25N3OS/c1-16(2)11-18(6-4-14(16)17)10-15(20)19-7-3-13-12(9-19)5-8-21-13/h5,8,14H,3-4,6-7,9-11,17H2,1-2H3. The van der Waals surface area contributed by atoms with E-state index >= 15 is 0 Å². The largest absolute Gasteiger partial charge is 0.337 e. The van der Waals surface area contributed by atoms with E-state index < -0.39 is 0 Å². The Bertz CT molecular complexity index is 525. The molecular weight excluding hydrogens is 282 g/mol. The van der Waals surface area contributed by atoms with Crippen LogP contribution >= 0.6 is 11.3 Å². The van der Waals surface area contributed by atoms with E-state index in [9.17, 15) is 4.79 Å². The van der Waals surface area contributed by atoms with Crippen LogP contribution in [-0.4, -0.2) is 47.9 Å². The first-order valence-electron chi connectivity index (χ1n) is 7.77. The number of piperidine rings is 1. The molecule has 3 heterocycles. The minimum absolute atomic E-state index is 0.0982. The number of hydrogen-bond acceptors (Lipinski definition) is 4. The van der Waals surface area contributed by atoms with Crippen molar-refractivity contribution in [2.75, 3.05) is 26.2 Å². The van der Waals surface area contributed by atoms with Crippen molar-refractivity contribution < 1.29 is 4.79 Å². The lowest BCUT2D eigenvalue weighted by Gasteiger charge is -2.43. The molecule has 5 heteroatoms. The number of fused-ring (bicyclic) bond motifs is 1. The zero-order chi connectivity index (χ0) is 15.0. The molecular formula is C16H25N3OS. The highest BCUT2D eigenvalue weighted by atomic mass is 32.1. The van der Waals surface area contributed by atoms with Crippen molar-refractivity contribution in [3.63, 3.8) is 0 Å². The normalized spacial score (nSPS) is 25.7. The summed E-state index contributed by atoms with van der Waals surface area (Å²) in [5.74, 6) is 0.262. The average molecular weight is 307 g/mol. The SMILES string of the molecule is CC1(C)CN(CC(=O)N2CCc3sccc3C2)CCC1N. The fraction of sp³-hybridized carbons (Fsp3) is 0.688. The summed E-state index contributed by atoms with van der Waals surface area (Å²) in [6, 6.07) is 2.40. The molecule has 0 aromatic carbocycles. The number of nitrogens with zero attached hydrogens (tertiary/aromatic N) is 2. The lowest BCUT2D eigenvalue weighted by atomic mass is 9.80. The van der Waals surface area contributed by atoms with E-state index in [0.717, 1.165) is 39.0 Å². The number of thiophene rings is 1. The summed E-state index contributed by atoms with van der Waals surface area (Å²) in [5.41, 5.74) is 7.60. The highest BCUT2D eigenvalue weighted by Crippen LogP contribution is 2.28. The topological polar surface area (TPSA) is 49.6 Å². The van der Waals surface area contributed by atoms with Gasteiger partial charge in [0.05, 0.1) is 6.54 Å². The van der Waals surface area contributed by atoms with Gasteiger partial charge in [0.25, 0.3) is 0 Å². The first kappa shape index (κ1) is 15.0. The van der Waals surface area contributed by atoms with Crippen molar-refractivity contribution in [2.45, 2.75) is 39.3 Å². The molecule has 2 N–H and O–H groups in total. The van der Waals surface area contributed by atoms with Gasteiger partial charge in [0.2, 0.25) is 5.91 Å². The lowest BCUT2D eigenvalue weighted by Crippen LogP contribution is -2.54. The van der Waals surface area contributed by atoms with E-state index in [0.29, 0.717) is 6.54 Å². The maximum Gasteiger partial charge on any atom is 0.237 e. The van der Waals surface area contributed by atoms with Crippen molar-refractivity contribution in [3.05, 3.63) is 21.9 Å². The molecule has 2 aliphatic rings. The number of rotatable bonds is 2.